The number of nitrogens with zero attached hydrogens (tertiary/aromatic N) is 3. The van der Waals surface area contributed by atoms with Crippen molar-refractivity contribution in [3.63, 3.8) is 0 Å². The summed E-state index contributed by atoms with van der Waals surface area (Å²) in [6, 6.07) is 11.2. The molecule has 1 atom stereocenters. The summed E-state index contributed by atoms with van der Waals surface area (Å²) in [6.45, 7) is 5.93. The number of benzene rings is 1. The van der Waals surface area contributed by atoms with Crippen molar-refractivity contribution in [1.29, 1.82) is 10.0 Å². The highest BCUT2D eigenvalue weighted by molar-refractivity contribution is 7.93. The number of rotatable bonds is 5. The Bertz CT molecular complexity index is 1270. The molecule has 1 aromatic carbocycles. The van der Waals surface area contributed by atoms with Crippen LogP contribution in [-0.2, 0) is 9.73 Å². The molecule has 1 unspecified atom stereocenters. The van der Waals surface area contributed by atoms with Crippen LogP contribution in [-0.4, -0.2) is 19.4 Å². The Labute approximate surface area is 176 Å². The molecular formula is C23H22N4O2S. The smallest absolute Gasteiger partial charge is 0.237 e. The fourth-order valence-corrected chi connectivity index (χ4v) is 5.31. The first-order chi connectivity index (χ1) is 14.3. The van der Waals surface area contributed by atoms with E-state index < -0.39 is 9.73 Å². The Kier molecular flexibility index (Phi) is 5.04. The minimum Gasteiger partial charge on any atom is -0.437 e. The molecule has 152 valence electrons. The largest absolute Gasteiger partial charge is 0.437 e. The van der Waals surface area contributed by atoms with Crippen molar-refractivity contribution >= 4 is 9.73 Å². The minimum atomic E-state index is -3.02. The first kappa shape index (κ1) is 20.0. The summed E-state index contributed by atoms with van der Waals surface area (Å²) in [4.78, 5) is 9.04. The molecule has 0 saturated heterocycles. The van der Waals surface area contributed by atoms with Crippen LogP contribution in [0.15, 0.2) is 47.6 Å². The Morgan fingerprint density at radius 3 is 2.47 bits per heavy atom. The normalized spacial score (nSPS) is 15.3. The molecule has 1 N–H and O–H groups in total. The highest BCUT2D eigenvalue weighted by Gasteiger charge is 2.36. The fraction of sp³-hybridized carbons (Fsp3) is 0.261. The Hall–Kier alpha value is -3.24. The zero-order valence-electron chi connectivity index (χ0n) is 17.1. The van der Waals surface area contributed by atoms with Crippen LogP contribution in [0.25, 0.3) is 11.3 Å². The van der Waals surface area contributed by atoms with E-state index >= 15 is 0 Å². The number of hydrogen-bond acceptors (Lipinski definition) is 6. The lowest BCUT2D eigenvalue weighted by atomic mass is 10.1. The number of aromatic nitrogens is 2. The second-order valence-electron chi connectivity index (χ2n) is 7.70. The summed E-state index contributed by atoms with van der Waals surface area (Å²) in [5.41, 5.74) is 4.65. The average molecular weight is 419 g/mol. The highest BCUT2D eigenvalue weighted by atomic mass is 32.2. The summed E-state index contributed by atoms with van der Waals surface area (Å²) in [5, 5.41) is 9.01. The van der Waals surface area contributed by atoms with Gasteiger partial charge in [0.25, 0.3) is 0 Å². The van der Waals surface area contributed by atoms with Gasteiger partial charge in [0.2, 0.25) is 5.88 Å². The van der Waals surface area contributed by atoms with Crippen molar-refractivity contribution in [3.8, 4) is 29.0 Å². The number of hydrogen-bond donors (Lipinski definition) is 1. The Morgan fingerprint density at radius 1 is 1.13 bits per heavy atom. The van der Waals surface area contributed by atoms with Crippen molar-refractivity contribution in [2.75, 3.05) is 0 Å². The van der Waals surface area contributed by atoms with Crippen LogP contribution < -0.4 is 4.74 Å². The van der Waals surface area contributed by atoms with Gasteiger partial charge in [-0.3, -0.25) is 4.98 Å². The van der Waals surface area contributed by atoms with Crippen molar-refractivity contribution in [2.45, 2.75) is 43.8 Å². The second kappa shape index (κ2) is 7.54. The van der Waals surface area contributed by atoms with E-state index in [1.165, 1.54) is 6.20 Å². The molecular weight excluding hydrogens is 396 g/mol. The maximum absolute atomic E-state index is 13.2. The second-order valence-corrected chi connectivity index (χ2v) is 10.0. The van der Waals surface area contributed by atoms with Crippen molar-refractivity contribution in [3.05, 3.63) is 65.0 Å². The van der Waals surface area contributed by atoms with Gasteiger partial charge in [0.15, 0.2) is 0 Å². The zero-order valence-corrected chi connectivity index (χ0v) is 17.9. The topological polar surface area (TPSA) is 99.7 Å². The SMILES string of the molecule is Cc1cc(C)c(Oc2nc(-c3cncc(C#N)c3)ccc2S(=N)(=O)C2CC2)c(C)c1. The monoisotopic (exact) mass is 418 g/mol. The van der Waals surface area contributed by atoms with Crippen LogP contribution in [0.5, 0.6) is 11.6 Å². The van der Waals surface area contributed by atoms with Crippen LogP contribution in [0.4, 0.5) is 0 Å². The Balaban J connectivity index is 1.86. The molecule has 0 aliphatic heterocycles. The molecule has 1 aliphatic carbocycles. The number of nitrogens with one attached hydrogen (secondary N) is 1. The van der Waals surface area contributed by atoms with Crippen LogP contribution in [0.1, 0.15) is 35.1 Å². The summed E-state index contributed by atoms with van der Waals surface area (Å²) in [6.07, 6.45) is 4.66. The van der Waals surface area contributed by atoms with Gasteiger partial charge in [0.05, 0.1) is 21.0 Å². The maximum Gasteiger partial charge on any atom is 0.237 e. The van der Waals surface area contributed by atoms with Gasteiger partial charge in [-0.25, -0.2) is 14.0 Å². The van der Waals surface area contributed by atoms with Gasteiger partial charge < -0.3 is 4.74 Å². The minimum absolute atomic E-state index is 0.156. The molecule has 0 radical (unpaired) electrons. The standard InChI is InChI=1S/C23H22N4O2S/c1-14-8-15(2)22(16(3)9-14)29-23-21(30(25,28)19-4-5-19)7-6-20(27-23)18-10-17(11-24)12-26-13-18/h6-10,12-13,19,25H,4-5H2,1-3H3. The van der Waals surface area contributed by atoms with E-state index in [1.54, 1.807) is 24.4 Å². The third-order valence-corrected chi connectivity index (χ3v) is 7.49. The molecule has 2 aromatic heterocycles. The molecule has 0 spiro atoms. The van der Waals surface area contributed by atoms with Gasteiger partial charge in [0.1, 0.15) is 16.7 Å². The van der Waals surface area contributed by atoms with E-state index in [0.717, 1.165) is 29.5 Å². The molecule has 2 heterocycles. The predicted octanol–water partition coefficient (Wildman–Crippen LogP) is 5.30. The van der Waals surface area contributed by atoms with E-state index in [9.17, 15) is 4.21 Å². The van der Waals surface area contributed by atoms with Crippen LogP contribution >= 0.6 is 0 Å². The Morgan fingerprint density at radius 2 is 1.83 bits per heavy atom. The molecule has 0 amide bonds. The molecule has 1 aliphatic rings. The molecule has 1 saturated carbocycles. The number of ether oxygens (including phenoxy) is 1. The quantitative estimate of drug-likeness (QED) is 0.606. The lowest BCUT2D eigenvalue weighted by Crippen LogP contribution is -2.09. The summed E-state index contributed by atoms with van der Waals surface area (Å²) >= 11 is 0. The van der Waals surface area contributed by atoms with E-state index in [0.29, 0.717) is 27.5 Å². The van der Waals surface area contributed by atoms with E-state index in [1.807, 2.05) is 32.9 Å². The molecule has 0 bridgehead atoms. The highest BCUT2D eigenvalue weighted by Crippen LogP contribution is 2.40. The summed E-state index contributed by atoms with van der Waals surface area (Å²) < 4.78 is 28.0. The van der Waals surface area contributed by atoms with Gasteiger partial charge in [-0.15, -0.1) is 0 Å². The van der Waals surface area contributed by atoms with Gasteiger partial charge >= 0.3 is 0 Å². The third kappa shape index (κ3) is 3.79. The molecule has 7 heteroatoms. The summed E-state index contributed by atoms with van der Waals surface area (Å²) in [5.74, 6) is 0.832. The molecule has 4 rings (SSSR count). The number of aryl methyl sites for hydroxylation is 3. The van der Waals surface area contributed by atoms with Crippen LogP contribution in [0, 0.1) is 36.9 Å². The first-order valence-corrected chi connectivity index (χ1v) is 11.3. The summed E-state index contributed by atoms with van der Waals surface area (Å²) in [7, 11) is -3.02. The maximum atomic E-state index is 13.2. The molecule has 30 heavy (non-hydrogen) atoms. The van der Waals surface area contributed by atoms with Gasteiger partial charge in [-0.1, -0.05) is 17.7 Å². The van der Waals surface area contributed by atoms with Crippen molar-refractivity contribution in [1.82, 2.24) is 9.97 Å². The average Bonchev–Trinajstić information content (AvgIpc) is 3.56. The number of pyridine rings is 2. The number of nitriles is 1. The molecule has 3 aromatic rings. The molecule has 1 fully saturated rings. The van der Waals surface area contributed by atoms with Crippen molar-refractivity contribution < 1.29 is 8.95 Å². The van der Waals surface area contributed by atoms with E-state index in [2.05, 4.69) is 16.0 Å². The van der Waals surface area contributed by atoms with Gasteiger partial charge in [-0.05, 0) is 62.9 Å². The van der Waals surface area contributed by atoms with Crippen LogP contribution in [0.3, 0.4) is 0 Å². The third-order valence-electron chi connectivity index (χ3n) is 5.11. The van der Waals surface area contributed by atoms with E-state index in [-0.39, 0.29) is 11.1 Å². The molecule has 6 nitrogen and oxygen atoms in total. The van der Waals surface area contributed by atoms with Gasteiger partial charge in [0, 0.05) is 23.2 Å². The predicted molar refractivity (Wildman–Crippen MR) is 115 cm³/mol. The lowest BCUT2D eigenvalue weighted by molar-refractivity contribution is 0.443. The van der Waals surface area contributed by atoms with Crippen LogP contribution in [0.2, 0.25) is 0 Å². The first-order valence-electron chi connectivity index (χ1n) is 9.69. The lowest BCUT2D eigenvalue weighted by Gasteiger charge is -2.17. The van der Waals surface area contributed by atoms with E-state index in [4.69, 9.17) is 14.8 Å². The fourth-order valence-electron chi connectivity index (χ4n) is 3.54. The van der Waals surface area contributed by atoms with Gasteiger partial charge in [-0.2, -0.15) is 5.26 Å². The zero-order chi connectivity index (χ0) is 21.5. The van der Waals surface area contributed by atoms with Crippen molar-refractivity contribution in [2.24, 2.45) is 0 Å².